The molecule has 4 aromatic carbocycles. The van der Waals surface area contributed by atoms with E-state index >= 15 is 0 Å². The molecule has 0 spiro atoms. The predicted molar refractivity (Wildman–Crippen MR) is 222 cm³/mol. The van der Waals surface area contributed by atoms with Crippen molar-refractivity contribution in [2.24, 2.45) is 17.8 Å². The van der Waals surface area contributed by atoms with Crippen LogP contribution in [-0.2, 0) is 48.2 Å². The Bertz CT molecular complexity index is 1930. The molecule has 5 N–H and O–H groups in total. The van der Waals surface area contributed by atoms with Crippen molar-refractivity contribution in [3.05, 3.63) is 120 Å². The van der Waals surface area contributed by atoms with Gasteiger partial charge in [0.2, 0.25) is 23.6 Å². The molecule has 11 heteroatoms. The van der Waals surface area contributed by atoms with Crippen LogP contribution in [0.25, 0.3) is 10.8 Å². The minimum atomic E-state index is -1.36. The van der Waals surface area contributed by atoms with Gasteiger partial charge in [0.15, 0.2) is 0 Å². The summed E-state index contributed by atoms with van der Waals surface area (Å²) < 4.78 is 5.52. The van der Waals surface area contributed by atoms with Crippen LogP contribution in [0.2, 0.25) is 0 Å². The summed E-state index contributed by atoms with van der Waals surface area (Å²) in [5, 5.41) is 24.9. The van der Waals surface area contributed by atoms with Crippen LogP contribution in [0, 0.1) is 17.8 Å². The lowest BCUT2D eigenvalue weighted by Gasteiger charge is -2.30. The lowest BCUT2D eigenvalue weighted by Crippen LogP contribution is -2.57. The molecule has 57 heavy (non-hydrogen) atoms. The summed E-state index contributed by atoms with van der Waals surface area (Å²) in [5.41, 5.74) is 2.47. The number of aliphatic hydroxyl groups is 1. The van der Waals surface area contributed by atoms with Gasteiger partial charge in [-0.1, -0.05) is 151 Å². The van der Waals surface area contributed by atoms with Crippen molar-refractivity contribution in [2.75, 3.05) is 0 Å². The molecular formula is C46H58N4O7. The van der Waals surface area contributed by atoms with Gasteiger partial charge >= 0.3 is 5.97 Å². The smallest absolute Gasteiger partial charge is 0.329 e. The normalized spacial score (nSPS) is 14.5. The Hall–Kier alpha value is -5.55. The first-order valence-electron chi connectivity index (χ1n) is 19.9. The van der Waals surface area contributed by atoms with Gasteiger partial charge in [-0.15, -0.1) is 0 Å². The molecule has 4 aromatic rings. The van der Waals surface area contributed by atoms with Crippen LogP contribution in [0.5, 0.6) is 0 Å². The minimum Gasteiger partial charge on any atom is -0.459 e. The summed E-state index contributed by atoms with van der Waals surface area (Å²) >= 11 is 0. The van der Waals surface area contributed by atoms with Gasteiger partial charge in [-0.25, -0.2) is 4.79 Å². The molecule has 2 unspecified atom stereocenters. The Labute approximate surface area is 336 Å². The number of amides is 4. The molecule has 6 atom stereocenters. The van der Waals surface area contributed by atoms with Gasteiger partial charge in [0.25, 0.3) is 0 Å². The Morgan fingerprint density at radius 3 is 1.81 bits per heavy atom. The number of carbonyl (C=O) groups is 5. The first-order chi connectivity index (χ1) is 27.3. The fourth-order valence-corrected chi connectivity index (χ4v) is 6.63. The fourth-order valence-electron chi connectivity index (χ4n) is 6.63. The van der Waals surface area contributed by atoms with Crippen molar-refractivity contribution in [1.82, 2.24) is 21.3 Å². The van der Waals surface area contributed by atoms with Crippen molar-refractivity contribution in [1.29, 1.82) is 0 Å². The molecule has 0 fully saturated rings. The number of aliphatic hydroxyl groups excluding tert-OH is 1. The second kappa shape index (κ2) is 21.7. The number of hydrogen-bond donors (Lipinski definition) is 5. The first-order valence-corrected chi connectivity index (χ1v) is 19.9. The highest BCUT2D eigenvalue weighted by molar-refractivity contribution is 5.93. The predicted octanol–water partition coefficient (Wildman–Crippen LogP) is 5.42. The highest BCUT2D eigenvalue weighted by Gasteiger charge is 2.34. The summed E-state index contributed by atoms with van der Waals surface area (Å²) in [6.07, 6.45) is -0.964. The number of hydrogen-bond acceptors (Lipinski definition) is 7. The summed E-state index contributed by atoms with van der Waals surface area (Å²) in [6, 6.07) is 28.2. The van der Waals surface area contributed by atoms with Crippen molar-refractivity contribution in [3.63, 3.8) is 0 Å². The minimum absolute atomic E-state index is 0.0538. The standard InChI is InChI=1S/C46H58N4O7/c1-7-31(6)43(45(55)50-42(30(4)5)46(56)57-28-33-19-12-9-13-20-33)49-40(53)27-38(51)37(25-32-17-10-8-11-18-32)47-44(54)41(29(2)3)48-39(52)26-35-23-16-22-34-21-14-15-24-36(34)35/h8-24,29-31,37-38,41-43,51H,7,25-28H2,1-6H3,(H,47,54)(H,48,52)(H,49,53)(H,50,55)/t31-,37-,38-,41?,42?,43-/m0/s1. The van der Waals surface area contributed by atoms with E-state index in [4.69, 9.17) is 4.74 Å². The molecule has 0 radical (unpaired) electrons. The van der Waals surface area contributed by atoms with Crippen LogP contribution >= 0.6 is 0 Å². The van der Waals surface area contributed by atoms with E-state index in [9.17, 15) is 29.1 Å². The van der Waals surface area contributed by atoms with Crippen molar-refractivity contribution in [2.45, 2.75) is 104 Å². The number of ether oxygens (including phenoxy) is 1. The number of rotatable bonds is 20. The van der Waals surface area contributed by atoms with Gasteiger partial charge in [0.1, 0.15) is 24.7 Å². The number of carbonyl (C=O) groups excluding carboxylic acids is 5. The van der Waals surface area contributed by atoms with Gasteiger partial charge in [-0.3, -0.25) is 19.2 Å². The van der Waals surface area contributed by atoms with Crippen LogP contribution in [-0.4, -0.2) is 65.0 Å². The van der Waals surface area contributed by atoms with E-state index in [1.807, 2.05) is 131 Å². The SMILES string of the molecule is CC[C@H](C)[C@H](NC(=O)C[C@H](O)[C@H](Cc1ccccc1)NC(=O)C(NC(=O)Cc1cccc2ccccc12)C(C)C)C(=O)NC(C(=O)OCc1ccccc1)C(C)C. The van der Waals surface area contributed by atoms with E-state index in [-0.39, 0.29) is 43.1 Å². The summed E-state index contributed by atoms with van der Waals surface area (Å²) in [7, 11) is 0. The highest BCUT2D eigenvalue weighted by atomic mass is 16.5. The number of fused-ring (bicyclic) bond motifs is 1. The third-order valence-electron chi connectivity index (χ3n) is 10.2. The zero-order valence-corrected chi connectivity index (χ0v) is 33.9. The molecule has 0 saturated carbocycles. The maximum Gasteiger partial charge on any atom is 0.329 e. The number of nitrogens with one attached hydrogen (secondary N) is 4. The van der Waals surface area contributed by atoms with E-state index in [2.05, 4.69) is 21.3 Å². The Kier molecular flexibility index (Phi) is 16.8. The van der Waals surface area contributed by atoms with Crippen LogP contribution < -0.4 is 21.3 Å². The van der Waals surface area contributed by atoms with E-state index < -0.39 is 60.4 Å². The average molecular weight is 779 g/mol. The topological polar surface area (TPSA) is 163 Å². The third kappa shape index (κ3) is 13.3. The van der Waals surface area contributed by atoms with Gasteiger partial charge in [0.05, 0.1) is 25.0 Å². The molecule has 4 amide bonds. The molecule has 4 rings (SSSR count). The molecule has 0 bridgehead atoms. The summed E-state index contributed by atoms with van der Waals surface area (Å²) in [6.45, 7) is 11.0. The molecule has 0 saturated heterocycles. The Balaban J connectivity index is 1.44. The maximum absolute atomic E-state index is 13.9. The van der Waals surface area contributed by atoms with E-state index in [0.717, 1.165) is 27.5 Å². The molecule has 0 aliphatic carbocycles. The van der Waals surface area contributed by atoms with Crippen LogP contribution in [0.15, 0.2) is 103 Å². The molecular weight excluding hydrogens is 721 g/mol. The lowest BCUT2D eigenvalue weighted by molar-refractivity contribution is -0.150. The molecule has 304 valence electrons. The summed E-state index contributed by atoms with van der Waals surface area (Å²) in [5.74, 6) is -3.46. The number of esters is 1. The Morgan fingerprint density at radius 1 is 0.614 bits per heavy atom. The van der Waals surface area contributed by atoms with Gasteiger partial charge in [-0.2, -0.15) is 0 Å². The van der Waals surface area contributed by atoms with Crippen molar-refractivity contribution in [3.8, 4) is 0 Å². The lowest BCUT2D eigenvalue weighted by atomic mass is 9.95. The van der Waals surface area contributed by atoms with Crippen molar-refractivity contribution >= 4 is 40.4 Å². The molecule has 0 aliphatic rings. The average Bonchev–Trinajstić information content (AvgIpc) is 3.20. The third-order valence-corrected chi connectivity index (χ3v) is 10.2. The molecule has 0 aliphatic heterocycles. The second-order valence-electron chi connectivity index (χ2n) is 15.4. The van der Waals surface area contributed by atoms with Crippen LogP contribution in [0.4, 0.5) is 0 Å². The Morgan fingerprint density at radius 2 is 1.18 bits per heavy atom. The largest absolute Gasteiger partial charge is 0.459 e. The maximum atomic E-state index is 13.9. The van der Waals surface area contributed by atoms with Gasteiger partial charge in [0, 0.05) is 0 Å². The molecule has 11 nitrogen and oxygen atoms in total. The van der Waals surface area contributed by atoms with Crippen LogP contribution in [0.3, 0.4) is 0 Å². The number of benzene rings is 4. The fraction of sp³-hybridized carbons (Fsp3) is 0.413. The van der Waals surface area contributed by atoms with E-state index in [0.29, 0.717) is 6.42 Å². The van der Waals surface area contributed by atoms with Crippen molar-refractivity contribution < 1.29 is 33.8 Å². The monoisotopic (exact) mass is 778 g/mol. The summed E-state index contributed by atoms with van der Waals surface area (Å²) in [4.78, 5) is 67.6. The zero-order valence-electron chi connectivity index (χ0n) is 33.9. The first kappa shape index (κ1) is 44.2. The van der Waals surface area contributed by atoms with Gasteiger partial charge < -0.3 is 31.1 Å². The highest BCUT2D eigenvalue weighted by Crippen LogP contribution is 2.20. The van der Waals surface area contributed by atoms with Crippen LogP contribution in [0.1, 0.15) is 71.1 Å². The second-order valence-corrected chi connectivity index (χ2v) is 15.4. The van der Waals surface area contributed by atoms with Gasteiger partial charge in [-0.05, 0) is 51.6 Å². The molecule has 0 heterocycles. The van der Waals surface area contributed by atoms with E-state index in [1.165, 1.54) is 0 Å². The zero-order chi connectivity index (χ0) is 41.5. The quantitative estimate of drug-likeness (QED) is 0.0749. The van der Waals surface area contributed by atoms with E-state index in [1.54, 1.807) is 13.8 Å². The molecule has 0 aromatic heterocycles.